The lowest BCUT2D eigenvalue weighted by Crippen LogP contribution is -2.51. The van der Waals surface area contributed by atoms with Crippen LogP contribution in [0.5, 0.6) is 0 Å². The number of aromatic amines is 1. The summed E-state index contributed by atoms with van der Waals surface area (Å²) in [4.78, 5) is 39.0. The predicted octanol–water partition coefficient (Wildman–Crippen LogP) is 3.28. The Hall–Kier alpha value is -4.24. The number of hydrogen-bond donors (Lipinski definition) is 2. The Balaban J connectivity index is 1.37. The van der Waals surface area contributed by atoms with Gasteiger partial charge in [-0.05, 0) is 37.5 Å². The van der Waals surface area contributed by atoms with E-state index in [2.05, 4.69) is 25.4 Å². The largest absolute Gasteiger partial charge is 0.423 e. The van der Waals surface area contributed by atoms with Crippen LogP contribution in [0.2, 0.25) is 0 Å². The van der Waals surface area contributed by atoms with E-state index in [1.165, 1.54) is 16.0 Å². The molecule has 1 fully saturated rings. The van der Waals surface area contributed by atoms with Gasteiger partial charge in [-0.15, -0.1) is 0 Å². The van der Waals surface area contributed by atoms with E-state index in [1.54, 1.807) is 24.2 Å². The van der Waals surface area contributed by atoms with Crippen LogP contribution in [0.1, 0.15) is 30.0 Å². The van der Waals surface area contributed by atoms with Crippen molar-refractivity contribution in [1.29, 1.82) is 0 Å². The number of anilines is 3. The van der Waals surface area contributed by atoms with E-state index in [0.717, 1.165) is 11.8 Å². The number of alkyl halides is 6. The molecule has 0 aromatic carbocycles. The van der Waals surface area contributed by atoms with Crippen molar-refractivity contribution in [2.75, 3.05) is 34.8 Å². The fraction of sp³-hybridized carbons (Fsp3) is 0.391. The Morgan fingerprint density at radius 1 is 1.03 bits per heavy atom. The van der Waals surface area contributed by atoms with Gasteiger partial charge in [0.15, 0.2) is 0 Å². The zero-order valence-electron chi connectivity index (χ0n) is 20.3. The molecule has 1 amide bonds. The minimum atomic E-state index is -4.85. The van der Waals surface area contributed by atoms with Crippen molar-refractivity contribution in [3.63, 3.8) is 0 Å². The molecule has 0 radical (unpaired) electrons. The van der Waals surface area contributed by atoms with Crippen LogP contribution in [0.4, 0.5) is 43.8 Å². The first-order valence-corrected chi connectivity index (χ1v) is 11.6. The quantitative estimate of drug-likeness (QED) is 0.426. The Morgan fingerprint density at radius 3 is 2.38 bits per heavy atom. The molecule has 3 aromatic rings. The molecule has 0 bridgehead atoms. The van der Waals surface area contributed by atoms with E-state index in [-0.39, 0.29) is 31.5 Å². The van der Waals surface area contributed by atoms with Crippen LogP contribution >= 0.6 is 0 Å². The van der Waals surface area contributed by atoms with Crippen LogP contribution in [-0.2, 0) is 23.6 Å². The molecule has 4 heterocycles. The third-order valence-electron chi connectivity index (χ3n) is 5.96. The lowest BCUT2D eigenvalue weighted by Gasteiger charge is -2.33. The van der Waals surface area contributed by atoms with E-state index in [0.29, 0.717) is 31.1 Å². The van der Waals surface area contributed by atoms with Crippen molar-refractivity contribution < 1.29 is 31.1 Å². The molecular formula is C23H22F6N8O2. The van der Waals surface area contributed by atoms with Gasteiger partial charge in [-0.3, -0.25) is 14.5 Å². The van der Waals surface area contributed by atoms with E-state index in [1.807, 2.05) is 0 Å². The molecule has 1 saturated heterocycles. The first-order valence-electron chi connectivity index (χ1n) is 11.6. The summed E-state index contributed by atoms with van der Waals surface area (Å²) in [5.74, 6) is 0.0126. The van der Waals surface area contributed by atoms with Crippen LogP contribution in [0.25, 0.3) is 0 Å². The summed E-state index contributed by atoms with van der Waals surface area (Å²) in [5.41, 5.74) is -3.33. The lowest BCUT2D eigenvalue weighted by molar-refractivity contribution is -0.139. The molecule has 10 nitrogen and oxygen atoms in total. The molecule has 16 heteroatoms. The van der Waals surface area contributed by atoms with Gasteiger partial charge < -0.3 is 10.2 Å². The highest BCUT2D eigenvalue weighted by molar-refractivity contribution is 5.96. The number of amides is 1. The summed E-state index contributed by atoms with van der Waals surface area (Å²) in [7, 11) is 0. The highest BCUT2D eigenvalue weighted by Crippen LogP contribution is 2.32. The monoisotopic (exact) mass is 556 g/mol. The third kappa shape index (κ3) is 6.61. The fourth-order valence-corrected chi connectivity index (χ4v) is 3.99. The molecule has 0 saturated carbocycles. The first-order chi connectivity index (χ1) is 18.3. The Morgan fingerprint density at radius 2 is 1.74 bits per heavy atom. The molecule has 2 N–H and O–H groups in total. The lowest BCUT2D eigenvalue weighted by atomic mass is 10.1. The van der Waals surface area contributed by atoms with Crippen LogP contribution in [-0.4, -0.2) is 56.7 Å². The number of aryl methyl sites for hydroxylation is 1. The number of aromatic nitrogens is 5. The van der Waals surface area contributed by atoms with Crippen molar-refractivity contribution in [2.24, 2.45) is 0 Å². The van der Waals surface area contributed by atoms with Gasteiger partial charge in [-0.2, -0.15) is 31.4 Å². The highest BCUT2D eigenvalue weighted by Gasteiger charge is 2.37. The summed E-state index contributed by atoms with van der Waals surface area (Å²) < 4.78 is 78.0. The summed E-state index contributed by atoms with van der Waals surface area (Å²) in [6.45, 7) is 1.95. The topological polar surface area (TPSA) is 120 Å². The number of nitrogens with one attached hydrogen (secondary N) is 2. The van der Waals surface area contributed by atoms with Crippen LogP contribution in [0.3, 0.4) is 0 Å². The maximum absolute atomic E-state index is 13.3. The van der Waals surface area contributed by atoms with Gasteiger partial charge in [-0.1, -0.05) is 0 Å². The van der Waals surface area contributed by atoms with Gasteiger partial charge in [-0.25, -0.2) is 20.1 Å². The second-order valence-corrected chi connectivity index (χ2v) is 8.83. The van der Waals surface area contributed by atoms with Crippen molar-refractivity contribution in [2.45, 2.75) is 38.2 Å². The van der Waals surface area contributed by atoms with Crippen molar-refractivity contribution >= 4 is 23.4 Å². The number of pyridine rings is 1. The number of halogens is 6. The number of hydrogen-bond acceptors (Lipinski definition) is 8. The van der Waals surface area contributed by atoms with Crippen LogP contribution in [0.15, 0.2) is 41.7 Å². The molecule has 0 unspecified atom stereocenters. The molecule has 0 spiro atoms. The Bertz CT molecular complexity index is 1380. The molecule has 4 rings (SSSR count). The summed E-state index contributed by atoms with van der Waals surface area (Å²) in [6.07, 6.45) is -4.87. The molecule has 0 aliphatic carbocycles. The Labute approximate surface area is 217 Å². The minimum absolute atomic E-state index is 0.00323. The zero-order valence-corrected chi connectivity index (χ0v) is 20.3. The van der Waals surface area contributed by atoms with E-state index >= 15 is 0 Å². The van der Waals surface area contributed by atoms with Gasteiger partial charge in [0.05, 0.1) is 17.4 Å². The van der Waals surface area contributed by atoms with Crippen LogP contribution in [0, 0.1) is 0 Å². The van der Waals surface area contributed by atoms with Crippen molar-refractivity contribution in [3.8, 4) is 0 Å². The van der Waals surface area contributed by atoms with Gasteiger partial charge in [0.1, 0.15) is 17.9 Å². The number of carbonyl (C=O) groups excluding carboxylic acids is 1. The summed E-state index contributed by atoms with van der Waals surface area (Å²) in [6, 6.07) is 2.94. The number of rotatable bonds is 7. The van der Waals surface area contributed by atoms with Crippen molar-refractivity contribution in [1.82, 2.24) is 25.1 Å². The molecule has 39 heavy (non-hydrogen) atoms. The molecule has 1 aliphatic heterocycles. The van der Waals surface area contributed by atoms with Gasteiger partial charge in [0, 0.05) is 37.7 Å². The standard InChI is InChI=1S/C23H22F6N8O2/c1-13(34-16-11-33-35-20(39)19(16)23(27,28)29)2-3-14-4-5-30-17(8-14)37-7-6-36(12-18(37)38)21-31-9-15(10-32-21)22(24,25)26/h4-5,8-11,13H,2-3,6-7,12H2,1H3,(H2,34,35,39)/t13-/m0/s1. The van der Waals surface area contributed by atoms with E-state index in [4.69, 9.17) is 0 Å². The number of piperazine rings is 1. The third-order valence-corrected chi connectivity index (χ3v) is 5.96. The Kier molecular flexibility index (Phi) is 7.74. The average molecular weight is 556 g/mol. The summed E-state index contributed by atoms with van der Waals surface area (Å²) >= 11 is 0. The predicted molar refractivity (Wildman–Crippen MR) is 127 cm³/mol. The average Bonchev–Trinajstić information content (AvgIpc) is 2.86. The van der Waals surface area contributed by atoms with Gasteiger partial charge >= 0.3 is 12.4 Å². The normalized spacial score (nSPS) is 15.4. The minimum Gasteiger partial charge on any atom is -0.381 e. The SMILES string of the molecule is C[C@@H](CCc1ccnc(N2CCN(c3ncc(C(F)(F)F)cn3)CC2=O)c1)Nc1cn[nH]c(=O)c1C(F)(F)F. The molecule has 3 aromatic heterocycles. The zero-order chi connectivity index (χ0) is 28.4. The van der Waals surface area contributed by atoms with Crippen LogP contribution < -0.4 is 20.7 Å². The summed E-state index contributed by atoms with van der Waals surface area (Å²) in [5, 5.41) is 7.90. The molecule has 208 valence electrons. The molecule has 1 aliphatic rings. The highest BCUT2D eigenvalue weighted by atomic mass is 19.4. The maximum Gasteiger partial charge on any atom is 0.423 e. The number of H-pyrrole nitrogens is 1. The second kappa shape index (κ2) is 10.9. The van der Waals surface area contributed by atoms with Gasteiger partial charge in [0.2, 0.25) is 11.9 Å². The first kappa shape index (κ1) is 27.8. The smallest absolute Gasteiger partial charge is 0.381 e. The molecule has 1 atom stereocenters. The number of nitrogens with zero attached hydrogens (tertiary/aromatic N) is 6. The van der Waals surface area contributed by atoms with E-state index < -0.39 is 40.8 Å². The van der Waals surface area contributed by atoms with Gasteiger partial charge in [0.25, 0.3) is 5.56 Å². The fourth-order valence-electron chi connectivity index (χ4n) is 3.99. The van der Waals surface area contributed by atoms with E-state index in [9.17, 15) is 35.9 Å². The number of carbonyl (C=O) groups is 1. The second-order valence-electron chi connectivity index (χ2n) is 8.83. The van der Waals surface area contributed by atoms with Crippen molar-refractivity contribution in [3.05, 3.63) is 64.0 Å². The maximum atomic E-state index is 13.3. The molecular weight excluding hydrogens is 534 g/mol.